The Balaban J connectivity index is 2.43. The number of fused-ring (bicyclic) bond motifs is 1. The van der Waals surface area contributed by atoms with Crippen molar-refractivity contribution < 1.29 is 13.2 Å². The maximum Gasteiger partial charge on any atom is 0.395 e. The normalized spacial score (nSPS) is 20.7. The summed E-state index contributed by atoms with van der Waals surface area (Å²) >= 11 is 3.24. The van der Waals surface area contributed by atoms with Crippen LogP contribution in [0.15, 0.2) is 22.7 Å². The third kappa shape index (κ3) is 2.12. The van der Waals surface area contributed by atoms with Crippen LogP contribution in [0.4, 0.5) is 18.9 Å². The van der Waals surface area contributed by atoms with Gasteiger partial charge in [0.1, 0.15) is 0 Å². The first kappa shape index (κ1) is 10.8. The van der Waals surface area contributed by atoms with Gasteiger partial charge < -0.3 is 5.32 Å². The molecule has 1 atom stereocenters. The Morgan fingerprint density at radius 3 is 2.73 bits per heavy atom. The summed E-state index contributed by atoms with van der Waals surface area (Å²) < 4.78 is 38.8. The van der Waals surface area contributed by atoms with E-state index in [1.165, 1.54) is 6.07 Å². The first-order valence-electron chi connectivity index (χ1n) is 4.58. The van der Waals surface area contributed by atoms with Gasteiger partial charge in [-0.05, 0) is 24.1 Å². The van der Waals surface area contributed by atoms with E-state index in [9.17, 15) is 13.2 Å². The Kier molecular flexibility index (Phi) is 2.66. The minimum absolute atomic E-state index is 0.109. The molecule has 15 heavy (non-hydrogen) atoms. The van der Waals surface area contributed by atoms with Crippen LogP contribution in [0.5, 0.6) is 0 Å². The minimum atomic E-state index is -4.15. The molecule has 0 spiro atoms. The van der Waals surface area contributed by atoms with Gasteiger partial charge in [-0.25, -0.2) is 0 Å². The topological polar surface area (TPSA) is 12.0 Å². The number of benzene rings is 1. The molecule has 0 aliphatic carbocycles. The molecule has 1 heterocycles. The highest BCUT2D eigenvalue weighted by Crippen LogP contribution is 2.43. The molecule has 82 valence electrons. The molecule has 0 saturated carbocycles. The lowest BCUT2D eigenvalue weighted by Crippen LogP contribution is -2.28. The van der Waals surface area contributed by atoms with Crippen LogP contribution in [0.1, 0.15) is 17.9 Å². The van der Waals surface area contributed by atoms with Crippen LogP contribution in [0.2, 0.25) is 0 Å². The summed E-state index contributed by atoms with van der Waals surface area (Å²) in [6, 6.07) is 4.86. The molecule has 0 radical (unpaired) electrons. The summed E-state index contributed by atoms with van der Waals surface area (Å²) in [6.07, 6.45) is -4.04. The van der Waals surface area contributed by atoms with Crippen LogP contribution < -0.4 is 5.32 Å². The van der Waals surface area contributed by atoms with Crippen molar-refractivity contribution in [3.8, 4) is 0 Å². The molecular formula is C10H9BrF3N. The van der Waals surface area contributed by atoms with Gasteiger partial charge in [0.25, 0.3) is 0 Å². The van der Waals surface area contributed by atoms with Gasteiger partial charge in [0.15, 0.2) is 0 Å². The quantitative estimate of drug-likeness (QED) is 0.759. The number of hydrogen-bond donors (Lipinski definition) is 1. The van der Waals surface area contributed by atoms with Crippen LogP contribution >= 0.6 is 15.9 Å². The van der Waals surface area contributed by atoms with E-state index in [1.807, 2.05) is 0 Å². The Morgan fingerprint density at radius 2 is 2.07 bits per heavy atom. The van der Waals surface area contributed by atoms with E-state index in [4.69, 9.17) is 0 Å². The summed E-state index contributed by atoms with van der Waals surface area (Å²) in [5, 5.41) is 2.98. The van der Waals surface area contributed by atoms with Crippen LogP contribution in [-0.4, -0.2) is 12.7 Å². The summed E-state index contributed by atoms with van der Waals surface area (Å²) in [5.41, 5.74) is 0.926. The molecule has 0 amide bonds. The largest absolute Gasteiger partial charge is 0.395 e. The van der Waals surface area contributed by atoms with Gasteiger partial charge in [-0.3, -0.25) is 0 Å². The molecule has 1 aliphatic rings. The molecule has 0 bridgehead atoms. The molecule has 1 aromatic carbocycles. The van der Waals surface area contributed by atoms with Crippen molar-refractivity contribution in [2.45, 2.75) is 18.5 Å². The molecule has 0 aromatic heterocycles. The fraction of sp³-hybridized carbons (Fsp3) is 0.400. The fourth-order valence-electron chi connectivity index (χ4n) is 1.83. The number of hydrogen-bond acceptors (Lipinski definition) is 1. The summed E-state index contributed by atoms with van der Waals surface area (Å²) in [7, 11) is 0. The SMILES string of the molecule is FC(F)(F)C1CCNc2cc(Br)ccc21. The highest BCUT2D eigenvalue weighted by molar-refractivity contribution is 9.10. The average Bonchev–Trinajstić information content (AvgIpc) is 2.15. The maximum absolute atomic E-state index is 12.7. The molecule has 2 rings (SSSR count). The maximum atomic E-state index is 12.7. The predicted molar refractivity (Wildman–Crippen MR) is 56.0 cm³/mol. The minimum Gasteiger partial charge on any atom is -0.385 e. The third-order valence-corrected chi connectivity index (χ3v) is 3.03. The van der Waals surface area contributed by atoms with Crippen LogP contribution in [0.3, 0.4) is 0 Å². The lowest BCUT2D eigenvalue weighted by atomic mass is 9.90. The molecule has 1 N–H and O–H groups in total. The standard InChI is InChI=1S/C10H9BrF3N/c11-6-1-2-7-8(10(12,13)14)3-4-15-9(7)5-6/h1-2,5,8,15H,3-4H2. The van der Waals surface area contributed by atoms with Crippen LogP contribution in [0.25, 0.3) is 0 Å². The second-order valence-corrected chi connectivity index (χ2v) is 4.46. The van der Waals surface area contributed by atoms with Crippen LogP contribution in [0, 0.1) is 0 Å². The first-order valence-corrected chi connectivity index (χ1v) is 5.38. The van der Waals surface area contributed by atoms with Crippen LogP contribution in [-0.2, 0) is 0 Å². The van der Waals surface area contributed by atoms with Crippen molar-refractivity contribution in [1.82, 2.24) is 0 Å². The molecular weight excluding hydrogens is 271 g/mol. The van der Waals surface area contributed by atoms with E-state index in [0.717, 1.165) is 4.47 Å². The number of anilines is 1. The molecule has 5 heteroatoms. The van der Waals surface area contributed by atoms with Gasteiger partial charge in [0, 0.05) is 16.7 Å². The van der Waals surface area contributed by atoms with Gasteiger partial charge in [-0.15, -0.1) is 0 Å². The van der Waals surface area contributed by atoms with Crippen molar-refractivity contribution >= 4 is 21.6 Å². The molecule has 1 aliphatic heterocycles. The summed E-state index contributed by atoms with van der Waals surface area (Å²) in [4.78, 5) is 0. The molecule has 0 fully saturated rings. The Morgan fingerprint density at radius 1 is 1.33 bits per heavy atom. The number of nitrogens with one attached hydrogen (secondary N) is 1. The van der Waals surface area contributed by atoms with E-state index in [2.05, 4.69) is 21.2 Å². The molecule has 1 nitrogen and oxygen atoms in total. The highest BCUT2D eigenvalue weighted by atomic mass is 79.9. The lowest BCUT2D eigenvalue weighted by molar-refractivity contribution is -0.151. The van der Waals surface area contributed by atoms with Gasteiger partial charge in [-0.2, -0.15) is 13.2 Å². The van der Waals surface area contributed by atoms with E-state index in [-0.39, 0.29) is 6.42 Å². The molecule has 0 saturated heterocycles. The van der Waals surface area contributed by atoms with E-state index >= 15 is 0 Å². The molecule has 1 aromatic rings. The average molecular weight is 280 g/mol. The van der Waals surface area contributed by atoms with Crippen molar-refractivity contribution in [2.24, 2.45) is 0 Å². The van der Waals surface area contributed by atoms with Crippen molar-refractivity contribution in [2.75, 3.05) is 11.9 Å². The van der Waals surface area contributed by atoms with Gasteiger partial charge >= 0.3 is 6.18 Å². The molecule has 1 unspecified atom stereocenters. The van der Waals surface area contributed by atoms with E-state index in [1.54, 1.807) is 12.1 Å². The third-order valence-electron chi connectivity index (χ3n) is 2.53. The van der Waals surface area contributed by atoms with Crippen molar-refractivity contribution in [3.63, 3.8) is 0 Å². The van der Waals surface area contributed by atoms with E-state index < -0.39 is 12.1 Å². The summed E-state index contributed by atoms with van der Waals surface area (Å²) in [6.45, 7) is 0.369. The fourth-order valence-corrected chi connectivity index (χ4v) is 2.19. The van der Waals surface area contributed by atoms with Crippen molar-refractivity contribution in [1.29, 1.82) is 0 Å². The highest BCUT2D eigenvalue weighted by Gasteiger charge is 2.42. The zero-order valence-electron chi connectivity index (χ0n) is 7.74. The number of halogens is 4. The zero-order valence-corrected chi connectivity index (χ0v) is 9.32. The van der Waals surface area contributed by atoms with Gasteiger partial charge in [0.05, 0.1) is 5.92 Å². The smallest absolute Gasteiger partial charge is 0.385 e. The van der Waals surface area contributed by atoms with Gasteiger partial charge in [0.2, 0.25) is 0 Å². The monoisotopic (exact) mass is 279 g/mol. The number of alkyl halides is 3. The zero-order chi connectivity index (χ0) is 11.1. The van der Waals surface area contributed by atoms with Gasteiger partial charge in [-0.1, -0.05) is 22.0 Å². The Bertz CT molecular complexity index is 375. The first-order chi connectivity index (χ1) is 6.98. The second kappa shape index (κ2) is 3.70. The summed E-state index contributed by atoms with van der Waals surface area (Å²) in [5.74, 6) is -1.33. The number of rotatable bonds is 0. The van der Waals surface area contributed by atoms with E-state index in [0.29, 0.717) is 17.8 Å². The predicted octanol–water partition coefficient (Wildman–Crippen LogP) is 3.91. The Hall–Kier alpha value is -0.710. The second-order valence-electron chi connectivity index (χ2n) is 3.54. The Labute approximate surface area is 93.8 Å². The van der Waals surface area contributed by atoms with Crippen molar-refractivity contribution in [3.05, 3.63) is 28.2 Å². The lowest BCUT2D eigenvalue weighted by Gasteiger charge is -2.28.